The third kappa shape index (κ3) is 4.38. The number of halogens is 1. The van der Waals surface area contributed by atoms with Gasteiger partial charge in [0.05, 0.1) is 11.3 Å². The molecule has 0 radical (unpaired) electrons. The van der Waals surface area contributed by atoms with Gasteiger partial charge in [-0.15, -0.1) is 0 Å². The van der Waals surface area contributed by atoms with Crippen LogP contribution >= 0.6 is 27.7 Å². The molecule has 5 nitrogen and oxygen atoms in total. The average molecular weight is 373 g/mol. The van der Waals surface area contributed by atoms with E-state index in [9.17, 15) is 9.59 Å². The van der Waals surface area contributed by atoms with E-state index in [2.05, 4.69) is 32.8 Å². The number of amides is 2. The molecule has 1 fully saturated rings. The van der Waals surface area contributed by atoms with Gasteiger partial charge in [-0.3, -0.25) is 0 Å². The van der Waals surface area contributed by atoms with Gasteiger partial charge in [0, 0.05) is 15.8 Å². The lowest BCUT2D eigenvalue weighted by atomic mass is 10.2. The second-order valence-corrected chi connectivity index (χ2v) is 6.96. The molecule has 0 saturated heterocycles. The number of carbonyl (C=O) groups excluding carboxylic acids is 1. The fourth-order valence-electron chi connectivity index (χ4n) is 2.38. The van der Waals surface area contributed by atoms with E-state index in [1.165, 1.54) is 12.1 Å². The van der Waals surface area contributed by atoms with E-state index < -0.39 is 5.97 Å². The molecule has 114 valence electrons. The second kappa shape index (κ2) is 7.17. The average Bonchev–Trinajstić information content (AvgIpc) is 2.88. The first kappa shape index (κ1) is 16.2. The summed E-state index contributed by atoms with van der Waals surface area (Å²) >= 11 is 5.11. The fraction of sp³-hybridized carbons (Fsp3) is 0.429. The van der Waals surface area contributed by atoms with Crippen LogP contribution < -0.4 is 10.6 Å². The maximum atomic E-state index is 12.0. The van der Waals surface area contributed by atoms with Crippen molar-refractivity contribution < 1.29 is 14.7 Å². The summed E-state index contributed by atoms with van der Waals surface area (Å²) in [6, 6.07) is 4.45. The quantitative estimate of drug-likeness (QED) is 0.754. The van der Waals surface area contributed by atoms with Crippen molar-refractivity contribution in [3.05, 3.63) is 28.2 Å². The van der Waals surface area contributed by atoms with Crippen molar-refractivity contribution in [2.24, 2.45) is 0 Å². The van der Waals surface area contributed by atoms with Crippen LogP contribution in [0.5, 0.6) is 0 Å². The summed E-state index contributed by atoms with van der Waals surface area (Å²) in [5.74, 6) is -0.999. The van der Waals surface area contributed by atoms with Gasteiger partial charge in [-0.1, -0.05) is 0 Å². The molecular weight excluding hydrogens is 356 g/mol. The first-order chi connectivity index (χ1) is 9.99. The highest BCUT2D eigenvalue weighted by molar-refractivity contribution is 9.10. The number of rotatable bonds is 4. The Morgan fingerprint density at radius 1 is 1.38 bits per heavy atom. The van der Waals surface area contributed by atoms with Crippen LogP contribution in [-0.4, -0.2) is 34.7 Å². The number of carboxylic acids is 1. The van der Waals surface area contributed by atoms with Crippen LogP contribution in [0.25, 0.3) is 0 Å². The van der Waals surface area contributed by atoms with E-state index in [1.54, 1.807) is 6.07 Å². The molecule has 1 saturated carbocycles. The Morgan fingerprint density at radius 3 is 2.71 bits per heavy atom. The SMILES string of the molecule is CSC1CCC(NC(=O)Nc2ccc(C(=O)O)cc2Br)C1. The molecular formula is C14H17BrN2O3S. The Kier molecular flexibility index (Phi) is 5.52. The van der Waals surface area contributed by atoms with Crippen molar-refractivity contribution in [1.82, 2.24) is 5.32 Å². The number of urea groups is 1. The van der Waals surface area contributed by atoms with Gasteiger partial charge in [0.1, 0.15) is 0 Å². The van der Waals surface area contributed by atoms with Gasteiger partial charge in [-0.2, -0.15) is 11.8 Å². The van der Waals surface area contributed by atoms with Crippen molar-refractivity contribution in [1.29, 1.82) is 0 Å². The molecule has 0 bridgehead atoms. The monoisotopic (exact) mass is 372 g/mol. The summed E-state index contributed by atoms with van der Waals surface area (Å²) in [7, 11) is 0. The van der Waals surface area contributed by atoms with Crippen molar-refractivity contribution in [3.63, 3.8) is 0 Å². The number of hydrogen-bond acceptors (Lipinski definition) is 3. The first-order valence-corrected chi connectivity index (χ1v) is 8.71. The molecule has 0 spiro atoms. The van der Waals surface area contributed by atoms with E-state index in [1.807, 2.05) is 11.8 Å². The summed E-state index contributed by atoms with van der Waals surface area (Å²) in [6.07, 6.45) is 5.21. The van der Waals surface area contributed by atoms with Crippen LogP contribution in [0.15, 0.2) is 22.7 Å². The molecule has 7 heteroatoms. The Bertz CT molecular complexity index is 553. The summed E-state index contributed by atoms with van der Waals surface area (Å²) in [5, 5.41) is 15.2. The summed E-state index contributed by atoms with van der Waals surface area (Å²) < 4.78 is 0.547. The molecule has 2 amide bonds. The maximum absolute atomic E-state index is 12.0. The molecule has 2 atom stereocenters. The molecule has 1 aliphatic rings. The molecule has 1 aromatic carbocycles. The number of nitrogens with one attached hydrogen (secondary N) is 2. The van der Waals surface area contributed by atoms with E-state index in [-0.39, 0.29) is 17.6 Å². The van der Waals surface area contributed by atoms with Crippen LogP contribution in [0.3, 0.4) is 0 Å². The van der Waals surface area contributed by atoms with Crippen LogP contribution in [0, 0.1) is 0 Å². The Morgan fingerprint density at radius 2 is 2.14 bits per heavy atom. The number of carboxylic acid groups (broad SMARTS) is 1. The third-order valence-corrected chi connectivity index (χ3v) is 5.27. The molecule has 2 unspecified atom stereocenters. The van der Waals surface area contributed by atoms with Crippen LogP contribution in [0.1, 0.15) is 29.6 Å². The topological polar surface area (TPSA) is 78.4 Å². The Labute approximate surface area is 136 Å². The zero-order valence-electron chi connectivity index (χ0n) is 11.6. The van der Waals surface area contributed by atoms with Crippen LogP contribution in [-0.2, 0) is 0 Å². The Hall–Kier alpha value is -1.21. The largest absolute Gasteiger partial charge is 0.478 e. The van der Waals surface area contributed by atoms with Crippen LogP contribution in [0.2, 0.25) is 0 Å². The molecule has 1 aliphatic carbocycles. The van der Waals surface area contributed by atoms with Gasteiger partial charge in [0.15, 0.2) is 0 Å². The van der Waals surface area contributed by atoms with Gasteiger partial charge in [-0.25, -0.2) is 9.59 Å². The van der Waals surface area contributed by atoms with Crippen molar-refractivity contribution in [3.8, 4) is 0 Å². The molecule has 3 N–H and O–H groups in total. The molecule has 1 aromatic rings. The minimum absolute atomic E-state index is 0.173. The number of hydrogen-bond donors (Lipinski definition) is 3. The number of thioether (sulfide) groups is 1. The van der Waals surface area contributed by atoms with Gasteiger partial charge >= 0.3 is 12.0 Å². The third-order valence-electron chi connectivity index (χ3n) is 3.52. The zero-order valence-corrected chi connectivity index (χ0v) is 14.0. The number of carbonyl (C=O) groups is 2. The van der Waals surface area contributed by atoms with Gasteiger partial charge in [0.25, 0.3) is 0 Å². The summed E-state index contributed by atoms with van der Waals surface area (Å²) in [5.41, 5.74) is 0.725. The van der Waals surface area contributed by atoms with Crippen molar-refractivity contribution >= 4 is 45.4 Å². The van der Waals surface area contributed by atoms with Gasteiger partial charge in [0.2, 0.25) is 0 Å². The number of aromatic carboxylic acids is 1. The van der Waals surface area contributed by atoms with E-state index in [0.29, 0.717) is 15.4 Å². The highest BCUT2D eigenvalue weighted by Crippen LogP contribution is 2.28. The second-order valence-electron chi connectivity index (χ2n) is 4.97. The molecule has 0 aromatic heterocycles. The number of benzene rings is 1. The fourth-order valence-corrected chi connectivity index (χ4v) is 3.65. The van der Waals surface area contributed by atoms with E-state index >= 15 is 0 Å². The van der Waals surface area contributed by atoms with Crippen molar-refractivity contribution in [2.45, 2.75) is 30.6 Å². The highest BCUT2D eigenvalue weighted by Gasteiger charge is 2.25. The first-order valence-electron chi connectivity index (χ1n) is 6.62. The highest BCUT2D eigenvalue weighted by atomic mass is 79.9. The lowest BCUT2D eigenvalue weighted by Crippen LogP contribution is -2.36. The van der Waals surface area contributed by atoms with Gasteiger partial charge < -0.3 is 15.7 Å². The Balaban J connectivity index is 1.92. The molecule has 0 aliphatic heterocycles. The maximum Gasteiger partial charge on any atom is 0.335 e. The van der Waals surface area contributed by atoms with Gasteiger partial charge in [-0.05, 0) is 59.6 Å². The standard InChI is InChI=1S/C14H17BrN2O3S/c1-21-10-4-3-9(7-10)16-14(20)17-12-5-2-8(13(18)19)6-11(12)15/h2,5-6,9-10H,3-4,7H2,1H3,(H,18,19)(H2,16,17,20). The number of anilines is 1. The summed E-state index contributed by atoms with van der Waals surface area (Å²) in [4.78, 5) is 22.8. The lowest BCUT2D eigenvalue weighted by molar-refractivity contribution is 0.0697. The zero-order chi connectivity index (χ0) is 15.4. The normalized spacial score (nSPS) is 21.0. The smallest absolute Gasteiger partial charge is 0.335 e. The predicted molar refractivity (Wildman–Crippen MR) is 88.2 cm³/mol. The minimum atomic E-state index is -0.999. The predicted octanol–water partition coefficient (Wildman–Crippen LogP) is 3.55. The van der Waals surface area contributed by atoms with Crippen LogP contribution in [0.4, 0.5) is 10.5 Å². The van der Waals surface area contributed by atoms with E-state index in [4.69, 9.17) is 5.11 Å². The molecule has 0 heterocycles. The summed E-state index contributed by atoms with van der Waals surface area (Å²) in [6.45, 7) is 0. The minimum Gasteiger partial charge on any atom is -0.478 e. The lowest BCUT2D eigenvalue weighted by Gasteiger charge is -2.14. The molecule has 2 rings (SSSR count). The van der Waals surface area contributed by atoms with E-state index in [0.717, 1.165) is 19.3 Å². The van der Waals surface area contributed by atoms with Crippen molar-refractivity contribution in [2.75, 3.05) is 11.6 Å². The molecule has 21 heavy (non-hydrogen) atoms.